The summed E-state index contributed by atoms with van der Waals surface area (Å²) in [5.74, 6) is -0.415. The Morgan fingerprint density at radius 2 is 1.69 bits per heavy atom. The highest BCUT2D eigenvalue weighted by Gasteiger charge is 2.13. The highest BCUT2D eigenvalue weighted by atomic mass is 19.1. The molecule has 0 bridgehead atoms. The van der Waals surface area contributed by atoms with Crippen LogP contribution in [0.5, 0.6) is 0 Å². The molecule has 0 radical (unpaired) electrons. The number of nitrogens with one attached hydrogen (secondary N) is 2. The molecule has 7 heteroatoms. The third-order valence-corrected chi connectivity index (χ3v) is 4.14. The van der Waals surface area contributed by atoms with Crippen molar-refractivity contribution in [3.63, 3.8) is 0 Å². The summed E-state index contributed by atoms with van der Waals surface area (Å²) in [4.78, 5) is 25.2. The molecule has 1 amide bonds. The van der Waals surface area contributed by atoms with Gasteiger partial charge < -0.3 is 10.6 Å². The number of nitrogens with zero attached hydrogens (tertiary/aromatic N) is 3. The van der Waals surface area contributed by atoms with Gasteiger partial charge in [-0.1, -0.05) is 30.3 Å². The van der Waals surface area contributed by atoms with Gasteiger partial charge in [0.2, 0.25) is 5.95 Å². The number of halogens is 1. The number of hydrogen-bond donors (Lipinski definition) is 2. The summed E-state index contributed by atoms with van der Waals surface area (Å²) in [7, 11) is 0. The summed E-state index contributed by atoms with van der Waals surface area (Å²) in [5.41, 5.74) is 3.01. The number of aromatic nitrogens is 3. The summed E-state index contributed by atoms with van der Waals surface area (Å²) >= 11 is 0. The molecule has 29 heavy (non-hydrogen) atoms. The Labute approximate surface area is 166 Å². The first-order valence-corrected chi connectivity index (χ1v) is 8.85. The van der Waals surface area contributed by atoms with Crippen LogP contribution in [0.25, 0.3) is 11.1 Å². The molecular weight excluding hydrogens is 369 g/mol. The van der Waals surface area contributed by atoms with E-state index in [1.165, 1.54) is 24.4 Å². The van der Waals surface area contributed by atoms with Gasteiger partial charge in [0.25, 0.3) is 5.91 Å². The summed E-state index contributed by atoms with van der Waals surface area (Å²) in [6.45, 7) is 0. The maximum absolute atomic E-state index is 13.2. The molecule has 2 heterocycles. The van der Waals surface area contributed by atoms with Crippen molar-refractivity contribution in [3.05, 3.63) is 96.8 Å². The fourth-order valence-corrected chi connectivity index (χ4v) is 2.76. The average Bonchev–Trinajstić information content (AvgIpc) is 2.76. The molecular formula is C22H16FN5O. The molecule has 0 spiro atoms. The first-order valence-electron chi connectivity index (χ1n) is 8.85. The second-order valence-electron chi connectivity index (χ2n) is 6.14. The van der Waals surface area contributed by atoms with Crippen LogP contribution in [0.4, 0.5) is 21.7 Å². The van der Waals surface area contributed by atoms with Crippen molar-refractivity contribution in [2.75, 3.05) is 10.6 Å². The summed E-state index contributed by atoms with van der Waals surface area (Å²) < 4.78 is 13.2. The van der Waals surface area contributed by atoms with E-state index in [1.54, 1.807) is 30.6 Å². The first-order chi connectivity index (χ1) is 14.2. The lowest BCUT2D eigenvalue weighted by Crippen LogP contribution is -2.15. The highest BCUT2D eigenvalue weighted by molar-refractivity contribution is 6.05. The number of para-hydroxylation sites is 1. The normalized spacial score (nSPS) is 10.4. The number of hydrogen-bond acceptors (Lipinski definition) is 5. The number of pyridine rings is 1. The second-order valence-corrected chi connectivity index (χ2v) is 6.14. The summed E-state index contributed by atoms with van der Waals surface area (Å²) in [5, 5.41) is 5.87. The zero-order chi connectivity index (χ0) is 20.1. The molecule has 4 aromatic rings. The van der Waals surface area contributed by atoms with Gasteiger partial charge in [-0.15, -0.1) is 0 Å². The van der Waals surface area contributed by atoms with Gasteiger partial charge in [-0.05, 0) is 42.0 Å². The maximum atomic E-state index is 13.2. The lowest BCUT2D eigenvalue weighted by molar-refractivity contribution is 0.102. The molecule has 0 unspecified atom stereocenters. The van der Waals surface area contributed by atoms with Gasteiger partial charge in [0.1, 0.15) is 11.5 Å². The van der Waals surface area contributed by atoms with Gasteiger partial charge in [0.05, 0.1) is 11.9 Å². The van der Waals surface area contributed by atoms with Gasteiger partial charge in [-0.2, -0.15) is 0 Å². The molecule has 2 aromatic heterocycles. The van der Waals surface area contributed by atoms with E-state index >= 15 is 0 Å². The van der Waals surface area contributed by atoms with Crippen molar-refractivity contribution < 1.29 is 9.18 Å². The SMILES string of the molecule is O=C(Nc1cnccc1-c1ccc(F)cc1)c1ccnc(Nc2ccccc2)n1. The zero-order valence-electron chi connectivity index (χ0n) is 15.2. The predicted molar refractivity (Wildman–Crippen MR) is 109 cm³/mol. The maximum Gasteiger partial charge on any atom is 0.274 e. The molecule has 2 N–H and O–H groups in total. The number of anilines is 3. The number of amides is 1. The van der Waals surface area contributed by atoms with E-state index in [2.05, 4.69) is 25.6 Å². The van der Waals surface area contributed by atoms with Crippen LogP contribution < -0.4 is 10.6 Å². The molecule has 0 saturated heterocycles. The Kier molecular flexibility index (Phi) is 5.20. The van der Waals surface area contributed by atoms with Crippen LogP contribution >= 0.6 is 0 Å². The van der Waals surface area contributed by atoms with E-state index < -0.39 is 5.91 Å². The average molecular weight is 385 g/mol. The van der Waals surface area contributed by atoms with E-state index in [4.69, 9.17) is 0 Å². The van der Waals surface area contributed by atoms with Crippen LogP contribution in [0.15, 0.2) is 85.3 Å². The van der Waals surface area contributed by atoms with Crippen molar-refractivity contribution in [2.24, 2.45) is 0 Å². The Bertz CT molecular complexity index is 1130. The summed E-state index contributed by atoms with van der Waals surface area (Å²) in [6.07, 6.45) is 4.67. The minimum atomic E-state index is -0.403. The second kappa shape index (κ2) is 8.26. The Morgan fingerprint density at radius 1 is 0.897 bits per heavy atom. The molecule has 6 nitrogen and oxygen atoms in total. The van der Waals surface area contributed by atoms with Crippen LogP contribution in [0.2, 0.25) is 0 Å². The van der Waals surface area contributed by atoms with E-state index in [-0.39, 0.29) is 11.5 Å². The van der Waals surface area contributed by atoms with E-state index in [0.717, 1.165) is 16.8 Å². The highest BCUT2D eigenvalue weighted by Crippen LogP contribution is 2.27. The number of rotatable bonds is 5. The fraction of sp³-hybridized carbons (Fsp3) is 0. The standard InChI is InChI=1S/C22H16FN5O/c23-16-8-6-15(7-9-16)18-10-12-24-14-20(18)27-21(29)19-11-13-25-22(28-19)26-17-4-2-1-3-5-17/h1-14H,(H,27,29)(H,25,26,28). The van der Waals surface area contributed by atoms with E-state index in [0.29, 0.717) is 11.6 Å². The van der Waals surface area contributed by atoms with Crippen molar-refractivity contribution in [2.45, 2.75) is 0 Å². The van der Waals surface area contributed by atoms with Crippen LogP contribution in [-0.4, -0.2) is 20.9 Å². The topological polar surface area (TPSA) is 79.8 Å². The minimum Gasteiger partial charge on any atom is -0.324 e. The molecule has 0 aliphatic carbocycles. The molecule has 0 aliphatic heterocycles. The van der Waals surface area contributed by atoms with Crippen molar-refractivity contribution >= 4 is 23.2 Å². The van der Waals surface area contributed by atoms with Crippen LogP contribution in [0.1, 0.15) is 10.5 Å². The third-order valence-electron chi connectivity index (χ3n) is 4.14. The molecule has 142 valence electrons. The molecule has 0 fully saturated rings. The monoisotopic (exact) mass is 385 g/mol. The van der Waals surface area contributed by atoms with Crippen LogP contribution in [0.3, 0.4) is 0 Å². The van der Waals surface area contributed by atoms with Gasteiger partial charge in [0, 0.05) is 23.6 Å². The van der Waals surface area contributed by atoms with Crippen LogP contribution in [-0.2, 0) is 0 Å². The number of carbonyl (C=O) groups excluding carboxylic acids is 1. The predicted octanol–water partition coefficient (Wildman–Crippen LogP) is 4.67. The van der Waals surface area contributed by atoms with Gasteiger partial charge >= 0.3 is 0 Å². The number of benzene rings is 2. The Hall–Kier alpha value is -4.13. The smallest absolute Gasteiger partial charge is 0.274 e. The van der Waals surface area contributed by atoms with E-state index in [9.17, 15) is 9.18 Å². The lowest BCUT2D eigenvalue weighted by Gasteiger charge is -2.11. The van der Waals surface area contributed by atoms with Crippen molar-refractivity contribution in [1.29, 1.82) is 0 Å². The molecule has 0 saturated carbocycles. The third kappa shape index (κ3) is 4.41. The Morgan fingerprint density at radius 3 is 2.48 bits per heavy atom. The van der Waals surface area contributed by atoms with Crippen LogP contribution in [0, 0.1) is 5.82 Å². The van der Waals surface area contributed by atoms with Crippen molar-refractivity contribution in [1.82, 2.24) is 15.0 Å². The van der Waals surface area contributed by atoms with E-state index in [1.807, 2.05) is 30.3 Å². The molecule has 2 aromatic carbocycles. The van der Waals surface area contributed by atoms with Gasteiger partial charge in [0.15, 0.2) is 0 Å². The quantitative estimate of drug-likeness (QED) is 0.522. The number of carbonyl (C=O) groups is 1. The lowest BCUT2D eigenvalue weighted by atomic mass is 10.1. The van der Waals surface area contributed by atoms with Crippen molar-refractivity contribution in [3.8, 4) is 11.1 Å². The molecule has 4 rings (SSSR count). The zero-order valence-corrected chi connectivity index (χ0v) is 15.2. The van der Waals surface area contributed by atoms with Gasteiger partial charge in [-0.3, -0.25) is 9.78 Å². The fourth-order valence-electron chi connectivity index (χ4n) is 2.76. The minimum absolute atomic E-state index is 0.201. The molecule has 0 atom stereocenters. The van der Waals surface area contributed by atoms with Gasteiger partial charge in [-0.25, -0.2) is 14.4 Å². The largest absolute Gasteiger partial charge is 0.324 e. The molecule has 0 aliphatic rings. The Balaban J connectivity index is 1.56. The summed E-state index contributed by atoms with van der Waals surface area (Å²) in [6, 6.07) is 18.7. The first kappa shape index (κ1) is 18.2.